The highest BCUT2D eigenvalue weighted by Gasteiger charge is 2.25. The molecule has 0 bridgehead atoms. The molecule has 7 nitrogen and oxygen atoms in total. The fraction of sp³-hybridized carbons (Fsp3) is 0.375. The van der Waals surface area contributed by atoms with E-state index in [1.54, 1.807) is 12.1 Å². The summed E-state index contributed by atoms with van der Waals surface area (Å²) in [6, 6.07) is 6.13. The van der Waals surface area contributed by atoms with E-state index < -0.39 is 15.9 Å². The average molecular weight is 383 g/mol. The number of sulfonamides is 1. The zero-order valence-corrected chi connectivity index (χ0v) is 15.1. The number of amides is 1. The molecule has 1 saturated heterocycles. The van der Waals surface area contributed by atoms with Gasteiger partial charge in [-0.2, -0.15) is 9.40 Å². The van der Waals surface area contributed by atoms with E-state index >= 15 is 0 Å². The first kappa shape index (κ1) is 17.9. The van der Waals surface area contributed by atoms with E-state index in [9.17, 15) is 13.2 Å². The summed E-state index contributed by atoms with van der Waals surface area (Å²) in [5, 5.41) is 9.07. The largest absolute Gasteiger partial charge is 0.321 e. The van der Waals surface area contributed by atoms with Crippen molar-refractivity contribution < 1.29 is 13.2 Å². The Balaban J connectivity index is 1.73. The van der Waals surface area contributed by atoms with Gasteiger partial charge in [-0.1, -0.05) is 24.4 Å². The van der Waals surface area contributed by atoms with Gasteiger partial charge in [0.05, 0.1) is 16.1 Å². The maximum Gasteiger partial charge on any atom is 0.275 e. The van der Waals surface area contributed by atoms with Crippen LogP contribution in [0.15, 0.2) is 35.4 Å². The zero-order chi connectivity index (χ0) is 17.9. The van der Waals surface area contributed by atoms with Crippen LogP contribution in [-0.4, -0.2) is 41.9 Å². The van der Waals surface area contributed by atoms with Crippen molar-refractivity contribution in [2.45, 2.75) is 30.6 Å². The third-order valence-corrected chi connectivity index (χ3v) is 6.33. The molecule has 9 heteroatoms. The molecule has 134 valence electrons. The molecule has 0 saturated carbocycles. The Morgan fingerprint density at radius 3 is 2.32 bits per heavy atom. The van der Waals surface area contributed by atoms with Gasteiger partial charge in [0.25, 0.3) is 5.91 Å². The average Bonchev–Trinajstić information content (AvgIpc) is 2.85. The van der Waals surface area contributed by atoms with Crippen LogP contribution in [-0.2, 0) is 10.0 Å². The molecule has 2 heterocycles. The number of H-pyrrole nitrogens is 1. The third kappa shape index (κ3) is 4.02. The summed E-state index contributed by atoms with van der Waals surface area (Å²) in [4.78, 5) is 12.3. The first-order valence-corrected chi connectivity index (χ1v) is 9.91. The van der Waals surface area contributed by atoms with Gasteiger partial charge in [-0.05, 0) is 37.1 Å². The third-order valence-electron chi connectivity index (χ3n) is 4.14. The Kier molecular flexibility index (Phi) is 5.41. The van der Waals surface area contributed by atoms with Gasteiger partial charge >= 0.3 is 0 Å². The fourth-order valence-corrected chi connectivity index (χ4v) is 4.46. The smallest absolute Gasteiger partial charge is 0.275 e. The number of carbonyl (C=O) groups is 1. The Morgan fingerprint density at radius 1 is 1.12 bits per heavy atom. The van der Waals surface area contributed by atoms with Gasteiger partial charge in [0.15, 0.2) is 0 Å². The molecule has 1 aliphatic heterocycles. The fourth-order valence-electron chi connectivity index (χ4n) is 2.77. The van der Waals surface area contributed by atoms with Gasteiger partial charge in [0, 0.05) is 18.8 Å². The highest BCUT2D eigenvalue weighted by Crippen LogP contribution is 2.22. The monoisotopic (exact) mass is 382 g/mol. The van der Waals surface area contributed by atoms with Crippen LogP contribution in [0.1, 0.15) is 36.2 Å². The van der Waals surface area contributed by atoms with Crippen LogP contribution < -0.4 is 5.32 Å². The number of nitrogens with one attached hydrogen (secondary N) is 2. The van der Waals surface area contributed by atoms with E-state index in [1.807, 2.05) is 0 Å². The van der Waals surface area contributed by atoms with Crippen LogP contribution in [0.3, 0.4) is 0 Å². The molecular weight excluding hydrogens is 364 g/mol. The van der Waals surface area contributed by atoms with E-state index in [4.69, 9.17) is 11.6 Å². The Bertz CT molecular complexity index is 841. The standard InChI is InChI=1S/C16H19ClN4O3S/c17-14-11-18-20-15(14)16(22)19-12-5-7-13(8-6-12)25(23,24)21-9-3-1-2-4-10-21/h5-8,11H,1-4,9-10H2,(H,18,20)(H,19,22). The maximum atomic E-state index is 12.7. The summed E-state index contributed by atoms with van der Waals surface area (Å²) in [5.74, 6) is -0.439. The molecule has 1 aromatic heterocycles. The molecule has 25 heavy (non-hydrogen) atoms. The molecule has 0 aliphatic carbocycles. The minimum atomic E-state index is -3.50. The normalized spacial score (nSPS) is 16.4. The van der Waals surface area contributed by atoms with Crippen molar-refractivity contribution in [3.63, 3.8) is 0 Å². The van der Waals surface area contributed by atoms with Gasteiger partial charge < -0.3 is 5.32 Å². The molecule has 1 fully saturated rings. The number of carbonyl (C=O) groups excluding carboxylic acids is 1. The lowest BCUT2D eigenvalue weighted by atomic mass is 10.2. The minimum Gasteiger partial charge on any atom is -0.321 e. The van der Waals surface area contributed by atoms with Crippen molar-refractivity contribution in [2.75, 3.05) is 18.4 Å². The van der Waals surface area contributed by atoms with Gasteiger partial charge in [0.2, 0.25) is 10.0 Å². The number of benzene rings is 1. The van der Waals surface area contributed by atoms with Crippen molar-refractivity contribution >= 4 is 33.2 Å². The molecule has 0 radical (unpaired) electrons. The van der Waals surface area contributed by atoms with E-state index in [2.05, 4.69) is 15.5 Å². The number of hydrogen-bond acceptors (Lipinski definition) is 4. The number of rotatable bonds is 4. The summed E-state index contributed by atoms with van der Waals surface area (Å²) < 4.78 is 27.0. The second-order valence-electron chi connectivity index (χ2n) is 5.89. The van der Waals surface area contributed by atoms with E-state index in [0.717, 1.165) is 25.7 Å². The second kappa shape index (κ2) is 7.55. The van der Waals surface area contributed by atoms with Crippen LogP contribution in [0.4, 0.5) is 5.69 Å². The van der Waals surface area contributed by atoms with Crippen LogP contribution >= 0.6 is 11.6 Å². The molecule has 3 rings (SSSR count). The number of aromatic nitrogens is 2. The van der Waals surface area contributed by atoms with E-state index in [0.29, 0.717) is 18.8 Å². The Hall–Kier alpha value is -1.90. The highest BCUT2D eigenvalue weighted by atomic mass is 35.5. The summed E-state index contributed by atoms with van der Waals surface area (Å²) in [6.07, 6.45) is 5.24. The molecule has 2 N–H and O–H groups in total. The number of aromatic amines is 1. The second-order valence-corrected chi connectivity index (χ2v) is 8.23. The minimum absolute atomic E-state index is 0.155. The molecule has 0 atom stereocenters. The van der Waals surface area contributed by atoms with Crippen molar-refractivity contribution in [2.24, 2.45) is 0 Å². The lowest BCUT2D eigenvalue weighted by Gasteiger charge is -2.20. The summed E-state index contributed by atoms with van der Waals surface area (Å²) in [6.45, 7) is 1.11. The van der Waals surface area contributed by atoms with Gasteiger partial charge in [-0.3, -0.25) is 9.89 Å². The van der Waals surface area contributed by atoms with Crippen LogP contribution in [0, 0.1) is 0 Å². The van der Waals surface area contributed by atoms with Crippen molar-refractivity contribution in [3.05, 3.63) is 41.2 Å². The first-order chi connectivity index (χ1) is 12.0. The van der Waals surface area contributed by atoms with Gasteiger partial charge in [-0.25, -0.2) is 8.42 Å². The Morgan fingerprint density at radius 2 is 1.76 bits per heavy atom. The van der Waals surface area contributed by atoms with Crippen molar-refractivity contribution in [1.82, 2.24) is 14.5 Å². The SMILES string of the molecule is O=C(Nc1ccc(S(=O)(=O)N2CCCCCC2)cc1)c1[nH]ncc1Cl. The van der Waals surface area contributed by atoms with Gasteiger partial charge in [-0.15, -0.1) is 0 Å². The summed E-state index contributed by atoms with van der Waals surface area (Å²) in [7, 11) is -3.50. The van der Waals surface area contributed by atoms with E-state index in [1.165, 1.54) is 22.6 Å². The number of nitrogens with zero attached hydrogens (tertiary/aromatic N) is 2. The molecule has 1 aliphatic rings. The topological polar surface area (TPSA) is 95.2 Å². The number of hydrogen-bond donors (Lipinski definition) is 2. The molecule has 1 amide bonds. The number of halogens is 1. The van der Waals surface area contributed by atoms with Gasteiger partial charge in [0.1, 0.15) is 5.69 Å². The van der Waals surface area contributed by atoms with E-state index in [-0.39, 0.29) is 15.6 Å². The lowest BCUT2D eigenvalue weighted by molar-refractivity contribution is 0.102. The molecule has 2 aromatic rings. The molecule has 1 aromatic carbocycles. The van der Waals surface area contributed by atoms with Crippen LogP contribution in [0.2, 0.25) is 5.02 Å². The van der Waals surface area contributed by atoms with Crippen LogP contribution in [0.5, 0.6) is 0 Å². The van der Waals surface area contributed by atoms with Crippen molar-refractivity contribution in [1.29, 1.82) is 0 Å². The lowest BCUT2D eigenvalue weighted by Crippen LogP contribution is -2.31. The highest BCUT2D eigenvalue weighted by molar-refractivity contribution is 7.89. The Labute approximate surface area is 151 Å². The van der Waals surface area contributed by atoms with Crippen LogP contribution in [0.25, 0.3) is 0 Å². The maximum absolute atomic E-state index is 12.7. The first-order valence-electron chi connectivity index (χ1n) is 8.09. The van der Waals surface area contributed by atoms with Crippen molar-refractivity contribution in [3.8, 4) is 0 Å². The summed E-state index contributed by atoms with van der Waals surface area (Å²) in [5.41, 5.74) is 0.633. The number of anilines is 1. The summed E-state index contributed by atoms with van der Waals surface area (Å²) >= 11 is 5.85. The predicted octanol–water partition coefficient (Wildman–Crippen LogP) is 2.88. The molecular formula is C16H19ClN4O3S. The predicted molar refractivity (Wildman–Crippen MR) is 95.2 cm³/mol. The quantitative estimate of drug-likeness (QED) is 0.849. The molecule has 0 unspecified atom stereocenters. The zero-order valence-electron chi connectivity index (χ0n) is 13.5. The molecule has 0 spiro atoms.